The summed E-state index contributed by atoms with van der Waals surface area (Å²) in [6.45, 7) is 0.597. The summed E-state index contributed by atoms with van der Waals surface area (Å²) in [5.41, 5.74) is 2.94. The highest BCUT2D eigenvalue weighted by atomic mass is 16.5. The highest BCUT2D eigenvalue weighted by Gasteiger charge is 2.33. The van der Waals surface area contributed by atoms with Gasteiger partial charge in [0.05, 0.1) is 37.0 Å². The van der Waals surface area contributed by atoms with Gasteiger partial charge >= 0.3 is 0 Å². The van der Waals surface area contributed by atoms with Crippen molar-refractivity contribution in [3.63, 3.8) is 0 Å². The van der Waals surface area contributed by atoms with E-state index in [1.807, 2.05) is 36.4 Å². The molecule has 0 N–H and O–H groups in total. The van der Waals surface area contributed by atoms with E-state index >= 15 is 0 Å². The van der Waals surface area contributed by atoms with Gasteiger partial charge in [0.15, 0.2) is 0 Å². The molecule has 156 valence electrons. The molecule has 1 aliphatic rings. The van der Waals surface area contributed by atoms with Gasteiger partial charge < -0.3 is 14.3 Å². The van der Waals surface area contributed by atoms with Crippen LogP contribution in [-0.4, -0.2) is 36.4 Å². The summed E-state index contributed by atoms with van der Waals surface area (Å²) >= 11 is 0. The van der Waals surface area contributed by atoms with E-state index in [4.69, 9.17) is 14.5 Å². The van der Waals surface area contributed by atoms with E-state index in [0.29, 0.717) is 6.54 Å². The molecule has 2 heterocycles. The lowest BCUT2D eigenvalue weighted by atomic mass is 9.97. The first-order valence-electron chi connectivity index (χ1n) is 10.5. The van der Waals surface area contributed by atoms with E-state index < -0.39 is 0 Å². The predicted octanol–water partition coefficient (Wildman–Crippen LogP) is 4.94. The lowest BCUT2D eigenvalue weighted by molar-refractivity contribution is -0.113. The minimum Gasteiger partial charge on any atom is -0.496 e. The molecular weight excluding hydrogens is 376 g/mol. The second kappa shape index (κ2) is 9.26. The van der Waals surface area contributed by atoms with E-state index in [2.05, 4.69) is 23.1 Å². The Balaban J connectivity index is 1.77. The number of benzene rings is 2. The Kier molecular flexibility index (Phi) is 6.29. The van der Waals surface area contributed by atoms with E-state index in [-0.39, 0.29) is 12.1 Å². The number of fused-ring (bicyclic) bond motifs is 1. The van der Waals surface area contributed by atoms with Crippen LogP contribution in [0.1, 0.15) is 43.0 Å². The zero-order valence-electron chi connectivity index (χ0n) is 17.6. The molecule has 4 rings (SSSR count). The van der Waals surface area contributed by atoms with Crippen LogP contribution in [0, 0.1) is 0 Å². The topological polar surface area (TPSA) is 51.7 Å². The number of nitrogens with zero attached hydrogens (tertiary/aromatic N) is 2. The van der Waals surface area contributed by atoms with Crippen LogP contribution in [0.2, 0.25) is 0 Å². The number of rotatable bonds is 6. The van der Waals surface area contributed by atoms with Crippen molar-refractivity contribution in [1.29, 1.82) is 0 Å². The van der Waals surface area contributed by atoms with Crippen LogP contribution in [0.5, 0.6) is 11.5 Å². The normalized spacial score (nSPS) is 19.9. The number of pyridine rings is 1. The van der Waals surface area contributed by atoms with Gasteiger partial charge in [0.2, 0.25) is 0 Å². The number of carbonyl (C=O) groups is 1. The van der Waals surface area contributed by atoms with Crippen molar-refractivity contribution in [3.8, 4) is 11.5 Å². The van der Waals surface area contributed by atoms with Gasteiger partial charge in [0.25, 0.3) is 0 Å². The summed E-state index contributed by atoms with van der Waals surface area (Å²) in [7, 11) is 3.36. The van der Waals surface area contributed by atoms with Gasteiger partial charge in [-0.25, -0.2) is 0 Å². The van der Waals surface area contributed by atoms with Gasteiger partial charge in [-0.2, -0.15) is 0 Å². The molecule has 1 aromatic heterocycles. The van der Waals surface area contributed by atoms with E-state index in [1.165, 1.54) is 0 Å². The molecule has 1 fully saturated rings. The first-order chi connectivity index (χ1) is 14.7. The zero-order chi connectivity index (χ0) is 20.9. The molecule has 3 aromatic rings. The van der Waals surface area contributed by atoms with Crippen molar-refractivity contribution in [2.75, 3.05) is 14.2 Å². The number of aromatic nitrogens is 1. The summed E-state index contributed by atoms with van der Waals surface area (Å²) < 4.78 is 11.4. The van der Waals surface area contributed by atoms with Crippen LogP contribution >= 0.6 is 0 Å². The van der Waals surface area contributed by atoms with Crippen LogP contribution in [0.4, 0.5) is 0 Å². The number of aldehydes is 1. The molecule has 0 radical (unpaired) electrons. The molecule has 2 atom stereocenters. The number of para-hydroxylation sites is 1. The summed E-state index contributed by atoms with van der Waals surface area (Å²) in [5.74, 6) is 1.59. The lowest BCUT2D eigenvalue weighted by Crippen LogP contribution is -2.38. The maximum absolute atomic E-state index is 12.1. The average Bonchev–Trinajstić information content (AvgIpc) is 3.00. The first kappa shape index (κ1) is 20.4. The molecule has 1 aliphatic heterocycles. The Morgan fingerprint density at radius 1 is 0.967 bits per heavy atom. The minimum absolute atomic E-state index is 0.0158. The zero-order valence-corrected chi connectivity index (χ0v) is 17.6. The molecule has 0 amide bonds. The van der Waals surface area contributed by atoms with Crippen LogP contribution < -0.4 is 9.47 Å². The minimum atomic E-state index is -0.166. The first-order valence-corrected chi connectivity index (χ1v) is 10.5. The second-order valence-corrected chi connectivity index (χ2v) is 7.75. The smallest absolute Gasteiger partial charge is 0.137 e. The summed E-state index contributed by atoms with van der Waals surface area (Å²) in [4.78, 5) is 19.2. The van der Waals surface area contributed by atoms with Crippen LogP contribution in [-0.2, 0) is 11.3 Å². The van der Waals surface area contributed by atoms with E-state index in [1.54, 1.807) is 14.2 Å². The molecule has 0 saturated carbocycles. The average molecular weight is 405 g/mol. The van der Waals surface area contributed by atoms with Gasteiger partial charge in [-0.3, -0.25) is 9.88 Å². The van der Waals surface area contributed by atoms with Gasteiger partial charge in [0, 0.05) is 18.0 Å². The molecule has 5 heteroatoms. The third-order valence-corrected chi connectivity index (χ3v) is 6.01. The van der Waals surface area contributed by atoms with Gasteiger partial charge in [-0.15, -0.1) is 0 Å². The number of methoxy groups -OCH3 is 2. The summed E-state index contributed by atoms with van der Waals surface area (Å²) in [5, 5.41) is 1.12. The van der Waals surface area contributed by atoms with E-state index in [9.17, 15) is 4.79 Å². The van der Waals surface area contributed by atoms with Crippen LogP contribution in [0.15, 0.2) is 54.6 Å². The SMILES string of the molecule is COc1cccc(OC)c1C1CCCCC(C=O)N1Cc1ccc2ccccc2n1. The number of likely N-dealkylation sites (tertiary alicyclic amines) is 1. The monoisotopic (exact) mass is 404 g/mol. The Bertz CT molecular complexity index is 998. The highest BCUT2D eigenvalue weighted by molar-refractivity contribution is 5.78. The fraction of sp³-hybridized carbons (Fsp3) is 0.360. The van der Waals surface area contributed by atoms with Crippen molar-refractivity contribution >= 4 is 17.2 Å². The Morgan fingerprint density at radius 3 is 2.43 bits per heavy atom. The highest BCUT2D eigenvalue weighted by Crippen LogP contribution is 2.42. The van der Waals surface area contributed by atoms with E-state index in [0.717, 1.165) is 65.6 Å². The van der Waals surface area contributed by atoms with Crippen LogP contribution in [0.3, 0.4) is 0 Å². The van der Waals surface area contributed by atoms with Gasteiger partial charge in [0.1, 0.15) is 17.8 Å². The fourth-order valence-electron chi connectivity index (χ4n) is 4.53. The standard InChI is InChI=1S/C25H28N2O3/c1-29-23-12-7-13-24(30-2)25(23)22-11-6-4-9-20(17-28)27(22)16-19-15-14-18-8-3-5-10-21(18)26-19/h3,5,7-8,10,12-15,17,20,22H,4,6,9,11,16H2,1-2H3. The summed E-state index contributed by atoms with van der Waals surface area (Å²) in [6.07, 6.45) is 4.96. The van der Waals surface area contributed by atoms with Crippen molar-refractivity contribution in [3.05, 3.63) is 65.9 Å². The Morgan fingerprint density at radius 2 is 1.70 bits per heavy atom. The number of hydrogen-bond donors (Lipinski definition) is 0. The molecule has 0 spiro atoms. The molecule has 0 aliphatic carbocycles. The van der Waals surface area contributed by atoms with Crippen molar-refractivity contribution < 1.29 is 14.3 Å². The maximum Gasteiger partial charge on any atom is 0.137 e. The number of hydrogen-bond acceptors (Lipinski definition) is 5. The molecule has 30 heavy (non-hydrogen) atoms. The molecule has 0 bridgehead atoms. The molecule has 1 saturated heterocycles. The Hall–Kier alpha value is -2.92. The summed E-state index contributed by atoms with van der Waals surface area (Å²) in [6, 6.07) is 18.0. The largest absolute Gasteiger partial charge is 0.496 e. The second-order valence-electron chi connectivity index (χ2n) is 7.75. The molecule has 2 unspecified atom stereocenters. The quantitative estimate of drug-likeness (QED) is 0.545. The van der Waals surface area contributed by atoms with Crippen molar-refractivity contribution in [1.82, 2.24) is 9.88 Å². The molecule has 2 aromatic carbocycles. The van der Waals surface area contributed by atoms with Gasteiger partial charge in [-0.1, -0.05) is 43.2 Å². The van der Waals surface area contributed by atoms with Crippen LogP contribution in [0.25, 0.3) is 10.9 Å². The Labute approximate surface area is 177 Å². The van der Waals surface area contributed by atoms with Gasteiger partial charge in [-0.05, 0) is 37.1 Å². The maximum atomic E-state index is 12.1. The number of ether oxygens (including phenoxy) is 2. The fourth-order valence-corrected chi connectivity index (χ4v) is 4.53. The third-order valence-electron chi connectivity index (χ3n) is 6.01. The predicted molar refractivity (Wildman–Crippen MR) is 118 cm³/mol. The molecule has 5 nitrogen and oxygen atoms in total. The lowest BCUT2D eigenvalue weighted by Gasteiger charge is -2.35. The van der Waals surface area contributed by atoms with Crippen molar-refractivity contribution in [2.45, 2.75) is 44.3 Å². The number of carbonyl (C=O) groups excluding carboxylic acids is 1. The molecular formula is C25H28N2O3. The van der Waals surface area contributed by atoms with Crippen molar-refractivity contribution in [2.24, 2.45) is 0 Å². The third kappa shape index (κ3) is 4.03.